The summed E-state index contributed by atoms with van der Waals surface area (Å²) in [4.78, 5) is 17.9. The molecule has 0 aliphatic heterocycles. The second kappa shape index (κ2) is 6.26. The first-order valence-corrected chi connectivity index (χ1v) is 9.42. The summed E-state index contributed by atoms with van der Waals surface area (Å²) >= 11 is 3.16. The van der Waals surface area contributed by atoms with Crippen LogP contribution in [-0.4, -0.2) is 10.9 Å². The van der Waals surface area contributed by atoms with Crippen molar-refractivity contribution in [1.29, 1.82) is 0 Å². The Kier molecular flexibility index (Phi) is 3.97. The SMILES string of the molecule is O=C(Nc1nccs1)c1csc2c1CC[C@@H](c1ccccc1)C2. The maximum Gasteiger partial charge on any atom is 0.258 e. The number of rotatable bonds is 3. The third kappa shape index (κ3) is 2.94. The standard InChI is InChI=1S/C18H16N2OS2/c21-17(20-18-19-8-9-22-18)15-11-23-16-10-13(6-7-14(15)16)12-4-2-1-3-5-12/h1-5,8-9,11,13H,6-7,10H2,(H,19,20,21)/t13-/m1/s1. The van der Waals surface area contributed by atoms with Crippen molar-refractivity contribution in [2.75, 3.05) is 5.32 Å². The average Bonchev–Trinajstić information content (AvgIpc) is 3.24. The van der Waals surface area contributed by atoms with Crippen LogP contribution in [0.15, 0.2) is 47.3 Å². The highest BCUT2D eigenvalue weighted by Gasteiger charge is 2.26. The van der Waals surface area contributed by atoms with Crippen LogP contribution in [0.4, 0.5) is 5.13 Å². The average molecular weight is 340 g/mol. The summed E-state index contributed by atoms with van der Waals surface area (Å²) < 4.78 is 0. The zero-order valence-corrected chi connectivity index (χ0v) is 14.1. The van der Waals surface area contributed by atoms with Crippen molar-refractivity contribution in [2.24, 2.45) is 0 Å². The lowest BCUT2D eigenvalue weighted by atomic mass is 9.83. The number of thiophene rings is 1. The number of anilines is 1. The molecule has 1 aromatic carbocycles. The van der Waals surface area contributed by atoms with Crippen LogP contribution in [0.3, 0.4) is 0 Å². The van der Waals surface area contributed by atoms with Crippen molar-refractivity contribution in [3.63, 3.8) is 0 Å². The summed E-state index contributed by atoms with van der Waals surface area (Å²) in [7, 11) is 0. The number of amides is 1. The highest BCUT2D eigenvalue weighted by Crippen LogP contribution is 2.37. The van der Waals surface area contributed by atoms with Gasteiger partial charge in [0.2, 0.25) is 0 Å². The first kappa shape index (κ1) is 14.6. The molecule has 1 N–H and O–H groups in total. The highest BCUT2D eigenvalue weighted by molar-refractivity contribution is 7.13. The molecule has 3 nitrogen and oxygen atoms in total. The Balaban J connectivity index is 1.54. The molecular formula is C18H16N2OS2. The summed E-state index contributed by atoms with van der Waals surface area (Å²) in [6.07, 6.45) is 4.81. The van der Waals surface area contributed by atoms with E-state index in [1.165, 1.54) is 27.3 Å². The largest absolute Gasteiger partial charge is 0.298 e. The lowest BCUT2D eigenvalue weighted by Crippen LogP contribution is -2.16. The minimum atomic E-state index is -0.0318. The summed E-state index contributed by atoms with van der Waals surface area (Å²) in [5, 5.41) is 7.42. The summed E-state index contributed by atoms with van der Waals surface area (Å²) in [5.41, 5.74) is 3.46. The van der Waals surface area contributed by atoms with E-state index in [9.17, 15) is 4.79 Å². The lowest BCUT2D eigenvalue weighted by molar-refractivity contribution is 0.102. The maximum absolute atomic E-state index is 12.5. The van der Waals surface area contributed by atoms with Crippen LogP contribution < -0.4 is 5.32 Å². The van der Waals surface area contributed by atoms with Crippen LogP contribution in [0, 0.1) is 0 Å². The van der Waals surface area contributed by atoms with Gasteiger partial charge in [-0.2, -0.15) is 0 Å². The van der Waals surface area contributed by atoms with Crippen molar-refractivity contribution in [1.82, 2.24) is 4.98 Å². The van der Waals surface area contributed by atoms with Crippen molar-refractivity contribution in [2.45, 2.75) is 25.2 Å². The second-order valence-electron chi connectivity index (χ2n) is 5.69. The van der Waals surface area contributed by atoms with E-state index in [1.54, 1.807) is 17.5 Å². The maximum atomic E-state index is 12.5. The van der Waals surface area contributed by atoms with Gasteiger partial charge in [-0.3, -0.25) is 10.1 Å². The molecule has 2 aromatic heterocycles. The fourth-order valence-electron chi connectivity index (χ4n) is 3.16. The van der Waals surface area contributed by atoms with Gasteiger partial charge in [0, 0.05) is 21.8 Å². The van der Waals surface area contributed by atoms with Gasteiger partial charge in [-0.15, -0.1) is 22.7 Å². The predicted octanol–water partition coefficient (Wildman–Crippen LogP) is 4.73. The number of thiazole rings is 1. The van der Waals surface area contributed by atoms with Gasteiger partial charge in [-0.25, -0.2) is 4.98 Å². The van der Waals surface area contributed by atoms with E-state index in [4.69, 9.17) is 0 Å². The third-order valence-corrected chi connectivity index (χ3v) is 6.06. The van der Waals surface area contributed by atoms with Gasteiger partial charge in [0.1, 0.15) is 0 Å². The molecule has 1 aliphatic rings. The van der Waals surface area contributed by atoms with Crippen molar-refractivity contribution in [3.05, 3.63) is 68.9 Å². The Bertz CT molecular complexity index is 809. The minimum absolute atomic E-state index is 0.0318. The molecule has 0 saturated carbocycles. The Hall–Kier alpha value is -1.98. The number of benzene rings is 1. The number of carbonyl (C=O) groups is 1. The number of nitrogens with zero attached hydrogens (tertiary/aromatic N) is 1. The van der Waals surface area contributed by atoms with E-state index in [-0.39, 0.29) is 5.91 Å². The van der Waals surface area contributed by atoms with Gasteiger partial charge in [0.25, 0.3) is 5.91 Å². The lowest BCUT2D eigenvalue weighted by Gasteiger charge is -2.23. The smallest absolute Gasteiger partial charge is 0.258 e. The van der Waals surface area contributed by atoms with Gasteiger partial charge in [-0.1, -0.05) is 30.3 Å². The number of aromatic nitrogens is 1. The highest BCUT2D eigenvalue weighted by atomic mass is 32.1. The van der Waals surface area contributed by atoms with Gasteiger partial charge < -0.3 is 0 Å². The van der Waals surface area contributed by atoms with Gasteiger partial charge in [0.15, 0.2) is 5.13 Å². The molecule has 23 heavy (non-hydrogen) atoms. The van der Waals surface area contributed by atoms with Crippen molar-refractivity contribution < 1.29 is 4.79 Å². The fourth-order valence-corrected chi connectivity index (χ4v) is 4.85. The molecular weight excluding hydrogens is 324 g/mol. The topological polar surface area (TPSA) is 42.0 Å². The predicted molar refractivity (Wildman–Crippen MR) is 95.6 cm³/mol. The molecule has 0 spiro atoms. The molecule has 0 radical (unpaired) electrons. The van der Waals surface area contributed by atoms with E-state index >= 15 is 0 Å². The number of hydrogen-bond donors (Lipinski definition) is 1. The zero-order chi connectivity index (χ0) is 15.6. The number of fused-ring (bicyclic) bond motifs is 1. The van der Waals surface area contributed by atoms with E-state index in [0.717, 1.165) is 24.8 Å². The van der Waals surface area contributed by atoms with Gasteiger partial charge in [-0.05, 0) is 36.3 Å². The van der Waals surface area contributed by atoms with Crippen molar-refractivity contribution in [3.8, 4) is 0 Å². The van der Waals surface area contributed by atoms with Crippen molar-refractivity contribution >= 4 is 33.7 Å². The molecule has 0 unspecified atom stereocenters. The molecule has 5 heteroatoms. The van der Waals surface area contributed by atoms with Crippen LogP contribution >= 0.6 is 22.7 Å². The van der Waals surface area contributed by atoms with Gasteiger partial charge >= 0.3 is 0 Å². The first-order valence-electron chi connectivity index (χ1n) is 7.66. The monoisotopic (exact) mass is 340 g/mol. The molecule has 116 valence electrons. The molecule has 1 amide bonds. The summed E-state index contributed by atoms with van der Waals surface area (Å²) in [5.74, 6) is 0.535. The van der Waals surface area contributed by atoms with Crippen LogP contribution in [0.25, 0.3) is 0 Å². The van der Waals surface area contributed by atoms with E-state index in [2.05, 4.69) is 40.6 Å². The quantitative estimate of drug-likeness (QED) is 0.749. The number of carbonyl (C=O) groups excluding carboxylic acids is 1. The molecule has 0 saturated heterocycles. The van der Waals surface area contributed by atoms with Crippen LogP contribution in [-0.2, 0) is 12.8 Å². The third-order valence-electron chi connectivity index (χ3n) is 4.32. The molecule has 2 heterocycles. The molecule has 0 fully saturated rings. The van der Waals surface area contributed by atoms with Crippen LogP contribution in [0.1, 0.15) is 38.7 Å². The van der Waals surface area contributed by atoms with E-state index < -0.39 is 0 Å². The first-order chi connectivity index (χ1) is 11.3. The number of nitrogens with one attached hydrogen (secondary N) is 1. The second-order valence-corrected chi connectivity index (χ2v) is 7.55. The normalized spacial score (nSPS) is 16.8. The van der Waals surface area contributed by atoms with E-state index in [1.807, 2.05) is 10.8 Å². The number of hydrogen-bond acceptors (Lipinski definition) is 4. The Morgan fingerprint density at radius 1 is 1.22 bits per heavy atom. The molecule has 0 bridgehead atoms. The Morgan fingerprint density at radius 3 is 2.87 bits per heavy atom. The van der Waals surface area contributed by atoms with Crippen LogP contribution in [0.2, 0.25) is 0 Å². The molecule has 1 aliphatic carbocycles. The summed E-state index contributed by atoms with van der Waals surface area (Å²) in [6.45, 7) is 0. The van der Waals surface area contributed by atoms with Gasteiger partial charge in [0.05, 0.1) is 5.56 Å². The Labute approximate surface area is 143 Å². The Morgan fingerprint density at radius 2 is 2.09 bits per heavy atom. The molecule has 1 atom stereocenters. The fraction of sp³-hybridized carbons (Fsp3) is 0.222. The molecule has 3 aromatic rings. The summed E-state index contributed by atoms with van der Waals surface area (Å²) in [6, 6.07) is 10.7. The minimum Gasteiger partial charge on any atom is -0.298 e. The molecule has 4 rings (SSSR count). The zero-order valence-electron chi connectivity index (χ0n) is 12.5. The van der Waals surface area contributed by atoms with Crippen LogP contribution in [0.5, 0.6) is 0 Å². The van der Waals surface area contributed by atoms with E-state index in [0.29, 0.717) is 11.0 Å².